The predicted molar refractivity (Wildman–Crippen MR) is 64.7 cm³/mol. The summed E-state index contributed by atoms with van der Waals surface area (Å²) in [6.45, 7) is 4.26. The molecule has 2 N–H and O–H groups in total. The van der Waals surface area contributed by atoms with Crippen LogP contribution >= 0.6 is 11.6 Å². The normalized spacial score (nSPS) is 12.9. The van der Waals surface area contributed by atoms with E-state index in [4.69, 9.17) is 11.6 Å². The highest BCUT2D eigenvalue weighted by Crippen LogP contribution is 2.19. The number of anilines is 1. The number of hydrogen-bond acceptors (Lipinski definition) is 4. The van der Waals surface area contributed by atoms with Crippen LogP contribution in [0.15, 0.2) is 6.33 Å². The molecule has 1 atom stereocenters. The van der Waals surface area contributed by atoms with E-state index in [2.05, 4.69) is 39.1 Å². The van der Waals surface area contributed by atoms with Crippen LogP contribution in [0.2, 0.25) is 5.28 Å². The lowest BCUT2D eigenvalue weighted by atomic mass is 10.2. The van der Waals surface area contributed by atoms with Crippen molar-refractivity contribution in [3.63, 3.8) is 0 Å². The van der Waals surface area contributed by atoms with Crippen molar-refractivity contribution in [3.8, 4) is 0 Å². The van der Waals surface area contributed by atoms with E-state index in [9.17, 15) is 0 Å². The average Bonchev–Trinajstić information content (AvgIpc) is 2.65. The van der Waals surface area contributed by atoms with Crippen LogP contribution in [0.25, 0.3) is 11.2 Å². The van der Waals surface area contributed by atoms with Gasteiger partial charge >= 0.3 is 0 Å². The third-order valence-corrected chi connectivity index (χ3v) is 2.53. The molecule has 0 radical (unpaired) electrons. The fraction of sp³-hybridized carbons (Fsp3) is 0.500. The second-order valence-electron chi connectivity index (χ2n) is 3.78. The Balaban J connectivity index is 2.31. The Hall–Kier alpha value is -1.36. The quantitative estimate of drug-likeness (QED) is 0.805. The highest BCUT2D eigenvalue weighted by molar-refractivity contribution is 6.28. The Kier molecular flexibility index (Phi) is 3.24. The second kappa shape index (κ2) is 4.65. The van der Waals surface area contributed by atoms with Crippen molar-refractivity contribution in [2.45, 2.75) is 32.7 Å². The molecular formula is C10H14ClN5. The maximum Gasteiger partial charge on any atom is 0.226 e. The molecule has 86 valence electrons. The van der Waals surface area contributed by atoms with E-state index < -0.39 is 0 Å². The summed E-state index contributed by atoms with van der Waals surface area (Å²) in [5.74, 6) is 0.716. The first kappa shape index (κ1) is 11.1. The van der Waals surface area contributed by atoms with Gasteiger partial charge in [0.1, 0.15) is 5.52 Å². The molecule has 0 bridgehead atoms. The number of halogens is 1. The van der Waals surface area contributed by atoms with Crippen LogP contribution in [0.5, 0.6) is 0 Å². The minimum absolute atomic E-state index is 0.214. The minimum atomic E-state index is 0.214. The maximum atomic E-state index is 5.83. The molecule has 0 saturated heterocycles. The van der Waals surface area contributed by atoms with E-state index in [1.165, 1.54) is 0 Å². The molecule has 0 aromatic carbocycles. The third-order valence-electron chi connectivity index (χ3n) is 2.36. The summed E-state index contributed by atoms with van der Waals surface area (Å²) < 4.78 is 0. The molecule has 0 amide bonds. The van der Waals surface area contributed by atoms with Crippen LogP contribution < -0.4 is 5.32 Å². The summed E-state index contributed by atoms with van der Waals surface area (Å²) in [6.07, 6.45) is 3.79. The van der Waals surface area contributed by atoms with Gasteiger partial charge in [-0.2, -0.15) is 9.97 Å². The molecular weight excluding hydrogens is 226 g/mol. The smallest absolute Gasteiger partial charge is 0.226 e. The molecule has 6 heteroatoms. The number of fused-ring (bicyclic) bond motifs is 1. The topological polar surface area (TPSA) is 66.5 Å². The number of H-pyrrole nitrogens is 1. The molecule has 16 heavy (non-hydrogen) atoms. The Morgan fingerprint density at radius 1 is 1.50 bits per heavy atom. The molecule has 2 aromatic heterocycles. The minimum Gasteiger partial charge on any atom is -0.366 e. The van der Waals surface area contributed by atoms with Crippen molar-refractivity contribution < 1.29 is 0 Å². The van der Waals surface area contributed by atoms with Crippen LogP contribution in [0, 0.1) is 0 Å². The summed E-state index contributed by atoms with van der Waals surface area (Å²) >= 11 is 5.83. The SMILES string of the molecule is CCCC(C)Nc1nc(Cl)nc2nc[nH]c12. The van der Waals surface area contributed by atoms with Crippen molar-refractivity contribution in [1.82, 2.24) is 19.9 Å². The Morgan fingerprint density at radius 3 is 3.06 bits per heavy atom. The highest BCUT2D eigenvalue weighted by atomic mass is 35.5. The van der Waals surface area contributed by atoms with Gasteiger partial charge in [0.15, 0.2) is 11.5 Å². The molecule has 2 rings (SSSR count). The molecule has 0 fully saturated rings. The number of rotatable bonds is 4. The predicted octanol–water partition coefficient (Wildman–Crippen LogP) is 2.61. The summed E-state index contributed by atoms with van der Waals surface area (Å²) in [5.41, 5.74) is 1.39. The number of aromatic amines is 1. The van der Waals surface area contributed by atoms with Crippen molar-refractivity contribution in [2.75, 3.05) is 5.32 Å². The monoisotopic (exact) mass is 239 g/mol. The zero-order valence-corrected chi connectivity index (χ0v) is 10.0. The van der Waals surface area contributed by atoms with E-state index in [1.807, 2.05) is 0 Å². The lowest BCUT2D eigenvalue weighted by Crippen LogP contribution is -2.16. The van der Waals surface area contributed by atoms with Gasteiger partial charge in [0.25, 0.3) is 0 Å². The van der Waals surface area contributed by atoms with Gasteiger partial charge in [-0.05, 0) is 24.9 Å². The van der Waals surface area contributed by atoms with Gasteiger partial charge in [-0.25, -0.2) is 4.98 Å². The van der Waals surface area contributed by atoms with Crippen molar-refractivity contribution in [1.29, 1.82) is 0 Å². The first-order valence-electron chi connectivity index (χ1n) is 5.34. The van der Waals surface area contributed by atoms with Crippen molar-refractivity contribution >= 4 is 28.6 Å². The fourth-order valence-electron chi connectivity index (χ4n) is 1.65. The van der Waals surface area contributed by atoms with Crippen LogP contribution in [0.1, 0.15) is 26.7 Å². The van der Waals surface area contributed by atoms with Gasteiger partial charge < -0.3 is 10.3 Å². The van der Waals surface area contributed by atoms with E-state index in [0.717, 1.165) is 18.4 Å². The van der Waals surface area contributed by atoms with Gasteiger partial charge in [-0.3, -0.25) is 0 Å². The van der Waals surface area contributed by atoms with Gasteiger partial charge in [-0.1, -0.05) is 13.3 Å². The van der Waals surface area contributed by atoms with E-state index in [1.54, 1.807) is 6.33 Å². The largest absolute Gasteiger partial charge is 0.366 e. The van der Waals surface area contributed by atoms with E-state index in [-0.39, 0.29) is 5.28 Å². The standard InChI is InChI=1S/C10H14ClN5/c1-3-4-6(2)14-9-7-8(13-5-12-7)15-10(11)16-9/h5-6H,3-4H2,1-2H3,(H2,12,13,14,15,16). The number of nitrogens with zero attached hydrogens (tertiary/aromatic N) is 3. The second-order valence-corrected chi connectivity index (χ2v) is 4.11. The fourth-order valence-corrected chi connectivity index (χ4v) is 1.81. The first-order chi connectivity index (χ1) is 7.70. The lowest BCUT2D eigenvalue weighted by molar-refractivity contribution is 0.688. The third kappa shape index (κ3) is 2.24. The number of imidazole rings is 1. The molecule has 0 saturated carbocycles. The zero-order valence-electron chi connectivity index (χ0n) is 9.29. The van der Waals surface area contributed by atoms with Gasteiger partial charge in [0.2, 0.25) is 5.28 Å². The molecule has 2 heterocycles. The van der Waals surface area contributed by atoms with E-state index >= 15 is 0 Å². The lowest BCUT2D eigenvalue weighted by Gasteiger charge is -2.13. The maximum absolute atomic E-state index is 5.83. The zero-order chi connectivity index (χ0) is 11.5. The van der Waals surface area contributed by atoms with Crippen molar-refractivity contribution in [2.24, 2.45) is 0 Å². The first-order valence-corrected chi connectivity index (χ1v) is 5.71. The number of nitrogens with one attached hydrogen (secondary N) is 2. The summed E-state index contributed by atoms with van der Waals surface area (Å²) in [6, 6.07) is 0.350. The van der Waals surface area contributed by atoms with Crippen molar-refractivity contribution in [3.05, 3.63) is 11.6 Å². The van der Waals surface area contributed by atoms with Crippen LogP contribution in [-0.2, 0) is 0 Å². The van der Waals surface area contributed by atoms with Gasteiger partial charge in [-0.15, -0.1) is 0 Å². The number of hydrogen-bond donors (Lipinski definition) is 2. The van der Waals surface area contributed by atoms with Crippen LogP contribution in [0.4, 0.5) is 5.82 Å². The summed E-state index contributed by atoms with van der Waals surface area (Å²) in [5, 5.41) is 3.52. The molecule has 0 aliphatic rings. The van der Waals surface area contributed by atoms with Gasteiger partial charge in [0.05, 0.1) is 6.33 Å². The molecule has 1 unspecified atom stereocenters. The van der Waals surface area contributed by atoms with Gasteiger partial charge in [0, 0.05) is 6.04 Å². The summed E-state index contributed by atoms with van der Waals surface area (Å²) in [7, 11) is 0. The molecule has 0 aliphatic carbocycles. The Labute approximate surface area is 98.7 Å². The summed E-state index contributed by atoms with van der Waals surface area (Å²) in [4.78, 5) is 15.3. The Bertz CT molecular complexity index is 481. The molecule has 2 aromatic rings. The van der Waals surface area contributed by atoms with E-state index in [0.29, 0.717) is 17.5 Å². The molecule has 0 spiro atoms. The molecule has 5 nitrogen and oxygen atoms in total. The van der Waals surface area contributed by atoms with Crippen LogP contribution in [-0.4, -0.2) is 26.0 Å². The molecule has 0 aliphatic heterocycles. The Morgan fingerprint density at radius 2 is 2.31 bits per heavy atom. The van der Waals surface area contributed by atoms with Crippen LogP contribution in [0.3, 0.4) is 0 Å². The highest BCUT2D eigenvalue weighted by Gasteiger charge is 2.10. The number of aromatic nitrogens is 4. The average molecular weight is 240 g/mol.